The number of amides is 3. The Hall–Kier alpha value is -2.41. The number of carbonyl (C=O) groups is 3. The fraction of sp³-hybridized carbons (Fsp3) is 0.591. The number of aryl methyl sites for hydroxylation is 1. The van der Waals surface area contributed by atoms with E-state index in [4.69, 9.17) is 0 Å². The fourth-order valence-corrected chi connectivity index (χ4v) is 4.07. The van der Waals surface area contributed by atoms with Gasteiger partial charge in [0.15, 0.2) is 0 Å². The number of piperazine rings is 1. The smallest absolute Gasteiger partial charge is 0.237 e. The van der Waals surface area contributed by atoms with Crippen molar-refractivity contribution in [1.82, 2.24) is 20.4 Å². The minimum absolute atomic E-state index is 0.0613. The number of benzene rings is 1. The summed E-state index contributed by atoms with van der Waals surface area (Å²) >= 11 is 0. The summed E-state index contributed by atoms with van der Waals surface area (Å²) in [4.78, 5) is 40.3. The Bertz CT molecular complexity index is 695. The standard InChI is InChI=1S/C22H32N4O3/c27-20(23-11-6-15-26-14-5-10-21(26)28)17-19-22(29)24-12-16-25(19)13-4-9-18-7-2-1-3-8-18/h1-3,7-8,19H,4-6,9-17H2,(H,23,27)(H,24,29). The molecule has 2 saturated heterocycles. The molecule has 2 aliphatic heterocycles. The molecule has 1 atom stereocenters. The van der Waals surface area contributed by atoms with Crippen molar-refractivity contribution in [2.24, 2.45) is 0 Å². The van der Waals surface area contributed by atoms with Crippen LogP contribution in [0.3, 0.4) is 0 Å². The molecule has 3 rings (SSSR count). The van der Waals surface area contributed by atoms with Crippen molar-refractivity contribution in [2.45, 2.75) is 44.6 Å². The van der Waals surface area contributed by atoms with E-state index in [0.29, 0.717) is 26.1 Å². The van der Waals surface area contributed by atoms with Crippen LogP contribution < -0.4 is 10.6 Å². The summed E-state index contributed by atoms with van der Waals surface area (Å²) in [5, 5.41) is 5.79. The minimum atomic E-state index is -0.403. The first-order valence-electron chi connectivity index (χ1n) is 10.7. The van der Waals surface area contributed by atoms with Crippen LogP contribution in [0, 0.1) is 0 Å². The van der Waals surface area contributed by atoms with Gasteiger partial charge in [-0.15, -0.1) is 0 Å². The van der Waals surface area contributed by atoms with E-state index in [1.165, 1.54) is 5.56 Å². The van der Waals surface area contributed by atoms with E-state index in [1.54, 1.807) is 0 Å². The molecule has 1 aromatic rings. The van der Waals surface area contributed by atoms with Gasteiger partial charge in [0.25, 0.3) is 0 Å². The molecule has 0 aromatic heterocycles. The summed E-state index contributed by atoms with van der Waals surface area (Å²) in [6, 6.07) is 9.91. The van der Waals surface area contributed by atoms with Gasteiger partial charge in [0, 0.05) is 39.1 Å². The molecular weight excluding hydrogens is 368 g/mol. The lowest BCUT2D eigenvalue weighted by Crippen LogP contribution is -2.56. The lowest BCUT2D eigenvalue weighted by molar-refractivity contribution is -0.134. The maximum absolute atomic E-state index is 12.4. The normalized spacial score (nSPS) is 20.0. The molecule has 2 heterocycles. The number of rotatable bonds is 10. The van der Waals surface area contributed by atoms with Gasteiger partial charge in [-0.2, -0.15) is 0 Å². The molecule has 2 fully saturated rings. The number of carbonyl (C=O) groups excluding carboxylic acids is 3. The molecule has 3 amide bonds. The van der Waals surface area contributed by atoms with Crippen LogP contribution in [0.25, 0.3) is 0 Å². The molecule has 1 unspecified atom stereocenters. The van der Waals surface area contributed by atoms with E-state index in [9.17, 15) is 14.4 Å². The highest BCUT2D eigenvalue weighted by Gasteiger charge is 2.31. The van der Waals surface area contributed by atoms with Crippen LogP contribution >= 0.6 is 0 Å². The lowest BCUT2D eigenvalue weighted by atomic mass is 10.1. The first-order valence-corrected chi connectivity index (χ1v) is 10.7. The Labute approximate surface area is 172 Å². The third kappa shape index (κ3) is 6.56. The van der Waals surface area contributed by atoms with Crippen molar-refractivity contribution >= 4 is 17.7 Å². The van der Waals surface area contributed by atoms with Gasteiger partial charge < -0.3 is 15.5 Å². The highest BCUT2D eigenvalue weighted by molar-refractivity contribution is 5.88. The quantitative estimate of drug-likeness (QED) is 0.573. The highest BCUT2D eigenvalue weighted by atomic mass is 16.2. The summed E-state index contributed by atoms with van der Waals surface area (Å²) in [6.45, 7) is 4.26. The van der Waals surface area contributed by atoms with Crippen LogP contribution in [-0.2, 0) is 20.8 Å². The molecule has 0 spiro atoms. The summed E-state index contributed by atoms with van der Waals surface area (Å²) < 4.78 is 0. The first-order chi connectivity index (χ1) is 14.1. The molecule has 7 nitrogen and oxygen atoms in total. The Kier molecular flexibility index (Phi) is 8.04. The second-order valence-corrected chi connectivity index (χ2v) is 7.82. The summed E-state index contributed by atoms with van der Waals surface area (Å²) in [6.07, 6.45) is 4.42. The van der Waals surface area contributed by atoms with Crippen LogP contribution in [-0.4, -0.2) is 72.8 Å². The van der Waals surface area contributed by atoms with Crippen molar-refractivity contribution in [1.29, 1.82) is 0 Å². The van der Waals surface area contributed by atoms with Crippen molar-refractivity contribution < 1.29 is 14.4 Å². The zero-order chi connectivity index (χ0) is 20.5. The van der Waals surface area contributed by atoms with Crippen molar-refractivity contribution in [3.63, 3.8) is 0 Å². The average molecular weight is 401 g/mol. The van der Waals surface area contributed by atoms with E-state index < -0.39 is 6.04 Å². The summed E-state index contributed by atoms with van der Waals surface area (Å²) in [7, 11) is 0. The molecule has 0 saturated carbocycles. The zero-order valence-electron chi connectivity index (χ0n) is 17.1. The van der Waals surface area contributed by atoms with Gasteiger partial charge in [0.05, 0.1) is 12.5 Å². The third-order valence-corrected chi connectivity index (χ3v) is 5.67. The largest absolute Gasteiger partial charge is 0.356 e. The minimum Gasteiger partial charge on any atom is -0.356 e. The average Bonchev–Trinajstić information content (AvgIpc) is 3.13. The van der Waals surface area contributed by atoms with Crippen LogP contribution in [0.15, 0.2) is 30.3 Å². The van der Waals surface area contributed by atoms with Gasteiger partial charge in [-0.05, 0) is 37.8 Å². The van der Waals surface area contributed by atoms with Crippen LogP contribution in [0.2, 0.25) is 0 Å². The SMILES string of the molecule is O=C(CC1C(=O)NCCN1CCCc1ccccc1)NCCCN1CCCC1=O. The Morgan fingerprint density at radius 3 is 2.69 bits per heavy atom. The van der Waals surface area contributed by atoms with Gasteiger partial charge in [-0.25, -0.2) is 0 Å². The molecule has 29 heavy (non-hydrogen) atoms. The molecule has 1 aromatic carbocycles. The molecule has 0 aliphatic carbocycles. The van der Waals surface area contributed by atoms with Crippen molar-refractivity contribution in [3.05, 3.63) is 35.9 Å². The van der Waals surface area contributed by atoms with E-state index in [-0.39, 0.29) is 24.1 Å². The summed E-state index contributed by atoms with van der Waals surface area (Å²) in [5.41, 5.74) is 1.29. The molecule has 2 aliphatic rings. The lowest BCUT2D eigenvalue weighted by Gasteiger charge is -2.34. The van der Waals surface area contributed by atoms with Crippen molar-refractivity contribution in [3.8, 4) is 0 Å². The van der Waals surface area contributed by atoms with Crippen LogP contribution in [0.4, 0.5) is 0 Å². The Morgan fingerprint density at radius 1 is 1.10 bits per heavy atom. The van der Waals surface area contributed by atoms with E-state index in [0.717, 1.165) is 45.3 Å². The molecule has 0 bridgehead atoms. The predicted octanol–water partition coefficient (Wildman–Crippen LogP) is 0.938. The maximum Gasteiger partial charge on any atom is 0.237 e. The molecule has 7 heteroatoms. The van der Waals surface area contributed by atoms with E-state index >= 15 is 0 Å². The van der Waals surface area contributed by atoms with Crippen LogP contribution in [0.1, 0.15) is 37.7 Å². The second kappa shape index (κ2) is 11.0. The summed E-state index contributed by atoms with van der Waals surface area (Å²) in [5.74, 6) is 0.0444. The molecule has 2 N–H and O–H groups in total. The Balaban J connectivity index is 1.39. The van der Waals surface area contributed by atoms with E-state index in [1.807, 2.05) is 23.1 Å². The number of hydrogen-bond donors (Lipinski definition) is 2. The number of nitrogens with zero attached hydrogens (tertiary/aromatic N) is 2. The van der Waals surface area contributed by atoms with Gasteiger partial charge in [0.2, 0.25) is 17.7 Å². The van der Waals surface area contributed by atoms with Gasteiger partial charge in [-0.1, -0.05) is 30.3 Å². The van der Waals surface area contributed by atoms with Crippen LogP contribution in [0.5, 0.6) is 0 Å². The van der Waals surface area contributed by atoms with Gasteiger partial charge in [-0.3, -0.25) is 19.3 Å². The highest BCUT2D eigenvalue weighted by Crippen LogP contribution is 2.12. The number of likely N-dealkylation sites (tertiary alicyclic amines) is 1. The molecule has 0 radical (unpaired) electrons. The van der Waals surface area contributed by atoms with Crippen molar-refractivity contribution in [2.75, 3.05) is 39.3 Å². The fourth-order valence-electron chi connectivity index (χ4n) is 4.07. The molecular formula is C22H32N4O3. The maximum atomic E-state index is 12.4. The molecule has 158 valence electrons. The second-order valence-electron chi connectivity index (χ2n) is 7.82. The Morgan fingerprint density at radius 2 is 1.93 bits per heavy atom. The zero-order valence-corrected chi connectivity index (χ0v) is 17.1. The van der Waals surface area contributed by atoms with Gasteiger partial charge >= 0.3 is 0 Å². The van der Waals surface area contributed by atoms with E-state index in [2.05, 4.69) is 27.7 Å². The topological polar surface area (TPSA) is 81.8 Å². The predicted molar refractivity (Wildman–Crippen MR) is 111 cm³/mol. The number of nitrogens with one attached hydrogen (secondary N) is 2. The number of hydrogen-bond acceptors (Lipinski definition) is 4. The monoisotopic (exact) mass is 400 g/mol. The third-order valence-electron chi connectivity index (χ3n) is 5.67. The van der Waals surface area contributed by atoms with Gasteiger partial charge in [0.1, 0.15) is 0 Å². The first kappa shape index (κ1) is 21.3.